The highest BCUT2D eigenvalue weighted by Gasteiger charge is 2.19. The number of carbonyl (C=O) groups is 1. The van der Waals surface area contributed by atoms with Gasteiger partial charge in [0.05, 0.1) is 12.1 Å². The molecule has 0 aliphatic rings. The highest BCUT2D eigenvalue weighted by atomic mass is 35.5. The molecule has 0 radical (unpaired) electrons. The molecule has 0 fully saturated rings. The SMILES string of the molecule is COc1cccc(Oc2ccc(C(N)=O)cc2Cl)c1C(C)CCC(C)N.Cl. The fourth-order valence-corrected chi connectivity index (χ4v) is 3.01. The topological polar surface area (TPSA) is 87.6 Å². The fraction of sp³-hybridized carbons (Fsp3) is 0.350. The Morgan fingerprint density at radius 3 is 2.33 bits per heavy atom. The van der Waals surface area contributed by atoms with Gasteiger partial charge in [-0.3, -0.25) is 4.79 Å². The molecule has 5 nitrogen and oxygen atoms in total. The molecule has 2 unspecified atom stereocenters. The van der Waals surface area contributed by atoms with Gasteiger partial charge >= 0.3 is 0 Å². The lowest BCUT2D eigenvalue weighted by Gasteiger charge is -2.21. The van der Waals surface area contributed by atoms with Crippen LogP contribution in [-0.4, -0.2) is 19.1 Å². The Kier molecular flexibility index (Phi) is 8.89. The van der Waals surface area contributed by atoms with E-state index < -0.39 is 5.91 Å². The van der Waals surface area contributed by atoms with E-state index in [0.717, 1.165) is 24.2 Å². The first-order valence-corrected chi connectivity index (χ1v) is 8.91. The Morgan fingerprint density at radius 1 is 1.11 bits per heavy atom. The van der Waals surface area contributed by atoms with Crippen LogP contribution in [0.15, 0.2) is 36.4 Å². The van der Waals surface area contributed by atoms with Crippen LogP contribution in [-0.2, 0) is 0 Å². The first kappa shape index (κ1) is 23.1. The van der Waals surface area contributed by atoms with Crippen molar-refractivity contribution in [3.63, 3.8) is 0 Å². The van der Waals surface area contributed by atoms with Crippen molar-refractivity contribution in [1.82, 2.24) is 0 Å². The number of carbonyl (C=O) groups excluding carboxylic acids is 1. The van der Waals surface area contributed by atoms with E-state index >= 15 is 0 Å². The number of benzene rings is 2. The molecule has 1 amide bonds. The summed E-state index contributed by atoms with van der Waals surface area (Å²) in [6, 6.07) is 10.5. The van der Waals surface area contributed by atoms with Crippen LogP contribution in [0, 0.1) is 0 Å². The van der Waals surface area contributed by atoms with Crippen LogP contribution in [0.25, 0.3) is 0 Å². The molecule has 148 valence electrons. The van der Waals surface area contributed by atoms with E-state index in [9.17, 15) is 4.79 Å². The summed E-state index contributed by atoms with van der Waals surface area (Å²) in [7, 11) is 1.63. The van der Waals surface area contributed by atoms with Gasteiger partial charge in [-0.25, -0.2) is 0 Å². The van der Waals surface area contributed by atoms with Gasteiger partial charge in [-0.15, -0.1) is 12.4 Å². The standard InChI is InChI=1S/C20H25ClN2O3.ClH/c1-12(7-8-13(2)22)19-17(25-3)5-4-6-18(19)26-16-10-9-14(20(23)24)11-15(16)21;/h4-6,9-13H,7-8,22H2,1-3H3,(H2,23,24);1H. The van der Waals surface area contributed by atoms with Crippen molar-refractivity contribution in [1.29, 1.82) is 0 Å². The number of primary amides is 1. The molecule has 4 N–H and O–H groups in total. The van der Waals surface area contributed by atoms with Gasteiger partial charge in [0.2, 0.25) is 5.91 Å². The summed E-state index contributed by atoms with van der Waals surface area (Å²) < 4.78 is 11.6. The molecule has 2 rings (SSSR count). The van der Waals surface area contributed by atoms with Gasteiger partial charge in [0.1, 0.15) is 17.2 Å². The van der Waals surface area contributed by atoms with E-state index in [-0.39, 0.29) is 24.4 Å². The van der Waals surface area contributed by atoms with Crippen LogP contribution in [0.2, 0.25) is 5.02 Å². The number of amides is 1. The van der Waals surface area contributed by atoms with Gasteiger partial charge in [-0.2, -0.15) is 0 Å². The molecule has 0 saturated heterocycles. The summed E-state index contributed by atoms with van der Waals surface area (Å²) in [6.07, 6.45) is 1.80. The predicted octanol–water partition coefficient (Wildman–Crippen LogP) is 4.89. The zero-order chi connectivity index (χ0) is 19.3. The number of halogens is 2. The molecule has 0 aliphatic carbocycles. The molecular formula is C20H26Cl2N2O3. The van der Waals surface area contributed by atoms with E-state index in [1.54, 1.807) is 19.2 Å². The molecular weight excluding hydrogens is 387 g/mol. The highest BCUT2D eigenvalue weighted by molar-refractivity contribution is 6.32. The number of hydrogen-bond acceptors (Lipinski definition) is 4. The maximum atomic E-state index is 11.3. The van der Waals surface area contributed by atoms with Crippen molar-refractivity contribution >= 4 is 29.9 Å². The molecule has 2 aromatic carbocycles. The zero-order valence-electron chi connectivity index (χ0n) is 15.7. The largest absolute Gasteiger partial charge is 0.496 e. The fourth-order valence-electron chi connectivity index (χ4n) is 2.79. The summed E-state index contributed by atoms with van der Waals surface area (Å²) >= 11 is 6.25. The van der Waals surface area contributed by atoms with Crippen molar-refractivity contribution in [2.24, 2.45) is 11.5 Å². The maximum Gasteiger partial charge on any atom is 0.248 e. The van der Waals surface area contributed by atoms with Crippen molar-refractivity contribution < 1.29 is 14.3 Å². The third-order valence-electron chi connectivity index (χ3n) is 4.23. The first-order valence-electron chi connectivity index (χ1n) is 8.53. The highest BCUT2D eigenvalue weighted by Crippen LogP contribution is 2.40. The number of rotatable bonds is 8. The van der Waals surface area contributed by atoms with Crippen LogP contribution in [0.4, 0.5) is 0 Å². The van der Waals surface area contributed by atoms with Gasteiger partial charge in [0, 0.05) is 17.2 Å². The van der Waals surface area contributed by atoms with Crippen molar-refractivity contribution in [2.45, 2.75) is 38.6 Å². The quantitative estimate of drug-likeness (QED) is 0.645. The predicted molar refractivity (Wildman–Crippen MR) is 112 cm³/mol. The molecule has 2 aromatic rings. The minimum atomic E-state index is -0.537. The molecule has 0 spiro atoms. The number of ether oxygens (including phenoxy) is 2. The average molecular weight is 413 g/mol. The van der Waals surface area contributed by atoms with Crippen LogP contribution < -0.4 is 20.9 Å². The van der Waals surface area contributed by atoms with Crippen LogP contribution in [0.5, 0.6) is 17.2 Å². The number of methoxy groups -OCH3 is 1. The second kappa shape index (κ2) is 10.4. The van der Waals surface area contributed by atoms with Gasteiger partial charge < -0.3 is 20.9 Å². The van der Waals surface area contributed by atoms with Gasteiger partial charge in [-0.1, -0.05) is 24.6 Å². The van der Waals surface area contributed by atoms with E-state index in [2.05, 4.69) is 6.92 Å². The van der Waals surface area contributed by atoms with Gasteiger partial charge in [-0.05, 0) is 56.0 Å². The van der Waals surface area contributed by atoms with E-state index in [1.165, 1.54) is 6.07 Å². The Balaban J connectivity index is 0.00000364. The number of hydrogen-bond donors (Lipinski definition) is 2. The molecule has 0 bridgehead atoms. The summed E-state index contributed by atoms with van der Waals surface area (Å²) in [5, 5.41) is 0.318. The second-order valence-corrected chi connectivity index (χ2v) is 6.85. The molecule has 2 atom stereocenters. The van der Waals surface area contributed by atoms with Crippen molar-refractivity contribution in [2.75, 3.05) is 7.11 Å². The minimum Gasteiger partial charge on any atom is -0.496 e. The second-order valence-electron chi connectivity index (χ2n) is 6.44. The smallest absolute Gasteiger partial charge is 0.248 e. The normalized spacial score (nSPS) is 12.6. The van der Waals surface area contributed by atoms with Crippen LogP contribution in [0.1, 0.15) is 48.5 Å². The molecule has 7 heteroatoms. The molecule has 0 saturated carbocycles. The van der Waals surface area contributed by atoms with Gasteiger partial charge in [0.25, 0.3) is 0 Å². The van der Waals surface area contributed by atoms with Crippen molar-refractivity contribution in [3.05, 3.63) is 52.5 Å². The Morgan fingerprint density at radius 2 is 1.78 bits per heavy atom. The molecule has 0 aromatic heterocycles. The van der Waals surface area contributed by atoms with Gasteiger partial charge in [0.15, 0.2) is 0 Å². The average Bonchev–Trinajstić information content (AvgIpc) is 2.60. The maximum absolute atomic E-state index is 11.3. The Labute approximate surface area is 171 Å². The summed E-state index contributed by atoms with van der Waals surface area (Å²) in [6.45, 7) is 4.11. The Bertz CT molecular complexity index is 782. The lowest BCUT2D eigenvalue weighted by atomic mass is 9.93. The lowest BCUT2D eigenvalue weighted by molar-refractivity contribution is 0.100. The summed E-state index contributed by atoms with van der Waals surface area (Å²) in [4.78, 5) is 11.3. The lowest BCUT2D eigenvalue weighted by Crippen LogP contribution is -2.15. The van der Waals surface area contributed by atoms with Crippen LogP contribution in [0.3, 0.4) is 0 Å². The zero-order valence-corrected chi connectivity index (χ0v) is 17.3. The molecule has 0 heterocycles. The number of nitrogens with two attached hydrogens (primary N) is 2. The Hall–Kier alpha value is -1.95. The van der Waals surface area contributed by atoms with Crippen LogP contribution >= 0.6 is 24.0 Å². The van der Waals surface area contributed by atoms with E-state index in [1.807, 2.05) is 25.1 Å². The summed E-state index contributed by atoms with van der Waals surface area (Å²) in [5.41, 5.74) is 12.5. The first-order chi connectivity index (χ1) is 12.3. The monoisotopic (exact) mass is 412 g/mol. The minimum absolute atomic E-state index is 0. The van der Waals surface area contributed by atoms with Crippen molar-refractivity contribution in [3.8, 4) is 17.2 Å². The van der Waals surface area contributed by atoms with E-state index in [4.69, 9.17) is 32.5 Å². The third kappa shape index (κ3) is 6.03. The summed E-state index contributed by atoms with van der Waals surface area (Å²) in [5.74, 6) is 1.52. The molecule has 27 heavy (non-hydrogen) atoms. The van der Waals surface area contributed by atoms with E-state index in [0.29, 0.717) is 22.1 Å². The molecule has 0 aliphatic heterocycles. The third-order valence-corrected chi connectivity index (χ3v) is 4.53.